The number of fused-ring (bicyclic) bond motifs is 1. The zero-order chi connectivity index (χ0) is 13.9. The number of pyridine rings is 1. The van der Waals surface area contributed by atoms with Gasteiger partial charge in [-0.3, -0.25) is 0 Å². The highest BCUT2D eigenvalue weighted by Crippen LogP contribution is 2.34. The van der Waals surface area contributed by atoms with Crippen molar-refractivity contribution in [3.05, 3.63) is 30.7 Å². The molecule has 0 aromatic carbocycles. The molecule has 0 spiro atoms. The maximum atomic E-state index is 5.67. The topological polar surface area (TPSA) is 80.5 Å². The first-order chi connectivity index (χ1) is 9.79. The number of nitrogen functional groups attached to an aromatic ring is 1. The summed E-state index contributed by atoms with van der Waals surface area (Å²) in [7, 11) is 0. The predicted molar refractivity (Wildman–Crippen MR) is 82.5 cm³/mol. The Labute approximate surface area is 121 Å². The quantitative estimate of drug-likeness (QED) is 0.720. The lowest BCUT2D eigenvalue weighted by atomic mass is 10.1. The predicted octanol–water partition coefficient (Wildman–Crippen LogP) is 3.10. The molecule has 5 nitrogen and oxygen atoms in total. The van der Waals surface area contributed by atoms with Crippen molar-refractivity contribution in [1.82, 2.24) is 19.9 Å². The van der Waals surface area contributed by atoms with Gasteiger partial charge in [0.15, 0.2) is 0 Å². The summed E-state index contributed by atoms with van der Waals surface area (Å²) in [6.45, 7) is 2.18. The molecule has 0 aliphatic carbocycles. The average Bonchev–Trinajstić information content (AvgIpc) is 2.89. The summed E-state index contributed by atoms with van der Waals surface area (Å²) < 4.78 is 0. The lowest BCUT2D eigenvalue weighted by Crippen LogP contribution is -1.95. The molecule has 3 aromatic heterocycles. The molecule has 0 aliphatic heterocycles. The van der Waals surface area contributed by atoms with Crippen LogP contribution in [-0.2, 0) is 0 Å². The van der Waals surface area contributed by atoms with Gasteiger partial charge in [0, 0.05) is 34.4 Å². The maximum absolute atomic E-state index is 5.67. The summed E-state index contributed by atoms with van der Waals surface area (Å²) in [5.74, 6) is 1.36. The second-order valence-corrected chi connectivity index (χ2v) is 5.52. The Kier molecular flexibility index (Phi) is 3.56. The largest absolute Gasteiger partial charge is 0.368 e. The van der Waals surface area contributed by atoms with Crippen LogP contribution >= 0.6 is 11.8 Å². The van der Waals surface area contributed by atoms with E-state index in [4.69, 9.17) is 5.73 Å². The number of thioether (sulfide) groups is 1. The van der Waals surface area contributed by atoms with Crippen molar-refractivity contribution in [2.24, 2.45) is 0 Å². The van der Waals surface area contributed by atoms with Gasteiger partial charge in [-0.15, -0.1) is 11.8 Å². The van der Waals surface area contributed by atoms with E-state index in [1.54, 1.807) is 6.20 Å². The van der Waals surface area contributed by atoms with Gasteiger partial charge in [-0.25, -0.2) is 15.0 Å². The van der Waals surface area contributed by atoms with E-state index in [-0.39, 0.29) is 5.95 Å². The van der Waals surface area contributed by atoms with Gasteiger partial charge in [0.2, 0.25) is 5.95 Å². The lowest BCUT2D eigenvalue weighted by Gasteiger charge is -2.05. The summed E-state index contributed by atoms with van der Waals surface area (Å²) in [6, 6.07) is 3.91. The monoisotopic (exact) mass is 285 g/mol. The highest BCUT2D eigenvalue weighted by molar-refractivity contribution is 7.99. The van der Waals surface area contributed by atoms with Crippen LogP contribution in [0.3, 0.4) is 0 Å². The Morgan fingerprint density at radius 3 is 2.90 bits per heavy atom. The molecule has 0 radical (unpaired) electrons. The number of hydrogen-bond donors (Lipinski definition) is 2. The molecule has 3 N–H and O–H groups in total. The number of hydrogen-bond acceptors (Lipinski definition) is 5. The van der Waals surface area contributed by atoms with E-state index in [9.17, 15) is 0 Å². The number of rotatable bonds is 4. The summed E-state index contributed by atoms with van der Waals surface area (Å²) in [5.41, 5.74) is 8.38. The van der Waals surface area contributed by atoms with Gasteiger partial charge in [0.05, 0.1) is 5.69 Å². The van der Waals surface area contributed by atoms with Crippen LogP contribution in [0.5, 0.6) is 0 Å². The first-order valence-corrected chi connectivity index (χ1v) is 7.46. The fourth-order valence-corrected chi connectivity index (χ4v) is 3.02. The summed E-state index contributed by atoms with van der Waals surface area (Å²) >= 11 is 1.83. The van der Waals surface area contributed by atoms with Crippen LogP contribution in [0.15, 0.2) is 35.6 Å². The normalized spacial score (nSPS) is 11.1. The van der Waals surface area contributed by atoms with Crippen molar-refractivity contribution in [3.63, 3.8) is 0 Å². The first kappa shape index (κ1) is 12.9. The number of nitrogens with one attached hydrogen (secondary N) is 1. The molecule has 0 aliphatic rings. The second kappa shape index (κ2) is 5.50. The number of aromatic amines is 1. The molecule has 3 heterocycles. The molecule has 0 saturated carbocycles. The molecule has 0 bridgehead atoms. The molecule has 20 heavy (non-hydrogen) atoms. The molecule has 0 amide bonds. The number of H-pyrrole nitrogens is 1. The molecular formula is C14H15N5S. The van der Waals surface area contributed by atoms with Gasteiger partial charge in [-0.2, -0.15) is 0 Å². The number of nitrogens with zero attached hydrogens (tertiary/aromatic N) is 3. The van der Waals surface area contributed by atoms with Crippen molar-refractivity contribution in [3.8, 4) is 11.3 Å². The Bertz CT molecular complexity index is 737. The van der Waals surface area contributed by atoms with E-state index in [1.807, 2.05) is 36.3 Å². The minimum absolute atomic E-state index is 0.281. The zero-order valence-corrected chi connectivity index (χ0v) is 11.9. The third-order valence-electron chi connectivity index (χ3n) is 2.95. The maximum Gasteiger partial charge on any atom is 0.220 e. The van der Waals surface area contributed by atoms with Gasteiger partial charge in [0.25, 0.3) is 0 Å². The van der Waals surface area contributed by atoms with E-state index >= 15 is 0 Å². The molecule has 102 valence electrons. The van der Waals surface area contributed by atoms with E-state index < -0.39 is 0 Å². The highest BCUT2D eigenvalue weighted by atomic mass is 32.2. The standard InChI is InChI=1S/C14H15N5S/c1-2-7-20-11-4-6-16-13-12(11)9(8-18-13)10-3-5-17-14(15)19-10/h3-6,8H,2,7H2,1H3,(H,16,18)(H2,15,17,19). The van der Waals surface area contributed by atoms with Crippen LogP contribution in [0.1, 0.15) is 13.3 Å². The SMILES string of the molecule is CCCSc1ccnc2[nH]cc(-c3ccnc(N)n3)c12. The second-order valence-electron chi connectivity index (χ2n) is 4.38. The van der Waals surface area contributed by atoms with Crippen LogP contribution in [0.4, 0.5) is 5.95 Å². The molecule has 0 saturated heterocycles. The number of nitrogens with two attached hydrogens (primary N) is 1. The van der Waals surface area contributed by atoms with Gasteiger partial charge in [0.1, 0.15) is 5.65 Å². The molecule has 3 aromatic rings. The Morgan fingerprint density at radius 1 is 1.25 bits per heavy atom. The Hall–Kier alpha value is -2.08. The van der Waals surface area contributed by atoms with Crippen LogP contribution in [0, 0.1) is 0 Å². The van der Waals surface area contributed by atoms with E-state index in [1.165, 1.54) is 4.90 Å². The third-order valence-corrected chi connectivity index (χ3v) is 4.21. The molecule has 0 fully saturated rings. The minimum atomic E-state index is 0.281. The van der Waals surface area contributed by atoms with Crippen LogP contribution in [-0.4, -0.2) is 25.7 Å². The average molecular weight is 285 g/mol. The fourth-order valence-electron chi connectivity index (χ4n) is 2.08. The molecule has 0 unspecified atom stereocenters. The first-order valence-electron chi connectivity index (χ1n) is 6.47. The Balaban J connectivity index is 2.16. The van der Waals surface area contributed by atoms with E-state index in [2.05, 4.69) is 26.9 Å². The number of aromatic nitrogens is 4. The summed E-state index contributed by atoms with van der Waals surface area (Å²) in [5, 5.41) is 1.10. The van der Waals surface area contributed by atoms with Crippen molar-refractivity contribution >= 4 is 28.7 Å². The highest BCUT2D eigenvalue weighted by Gasteiger charge is 2.12. The lowest BCUT2D eigenvalue weighted by molar-refractivity contribution is 1.10. The van der Waals surface area contributed by atoms with Crippen LogP contribution in [0.2, 0.25) is 0 Å². The van der Waals surface area contributed by atoms with Gasteiger partial charge in [-0.05, 0) is 24.3 Å². The van der Waals surface area contributed by atoms with Crippen molar-refractivity contribution in [2.45, 2.75) is 18.2 Å². The van der Waals surface area contributed by atoms with Crippen molar-refractivity contribution < 1.29 is 0 Å². The number of anilines is 1. The third kappa shape index (κ3) is 2.34. The molecule has 0 atom stereocenters. The van der Waals surface area contributed by atoms with Crippen LogP contribution < -0.4 is 5.73 Å². The van der Waals surface area contributed by atoms with Gasteiger partial charge >= 0.3 is 0 Å². The Morgan fingerprint density at radius 2 is 2.10 bits per heavy atom. The smallest absolute Gasteiger partial charge is 0.220 e. The van der Waals surface area contributed by atoms with Crippen molar-refractivity contribution in [2.75, 3.05) is 11.5 Å². The molecule has 3 rings (SSSR count). The summed E-state index contributed by atoms with van der Waals surface area (Å²) in [6.07, 6.45) is 6.56. The minimum Gasteiger partial charge on any atom is -0.368 e. The zero-order valence-electron chi connectivity index (χ0n) is 11.1. The summed E-state index contributed by atoms with van der Waals surface area (Å²) in [4.78, 5) is 17.0. The molecule has 6 heteroatoms. The van der Waals surface area contributed by atoms with Crippen LogP contribution in [0.25, 0.3) is 22.3 Å². The van der Waals surface area contributed by atoms with E-state index in [0.717, 1.165) is 34.5 Å². The van der Waals surface area contributed by atoms with Gasteiger partial charge in [-0.1, -0.05) is 6.92 Å². The van der Waals surface area contributed by atoms with Gasteiger partial charge < -0.3 is 10.7 Å². The van der Waals surface area contributed by atoms with Crippen molar-refractivity contribution in [1.29, 1.82) is 0 Å². The van der Waals surface area contributed by atoms with E-state index in [0.29, 0.717) is 0 Å². The fraction of sp³-hybridized carbons (Fsp3) is 0.214. The molecular weight excluding hydrogens is 270 g/mol.